The number of rotatable bonds is 5. The Balaban J connectivity index is 1.84. The Morgan fingerprint density at radius 3 is 2.58 bits per heavy atom. The van der Waals surface area contributed by atoms with Crippen molar-refractivity contribution in [2.24, 2.45) is 0 Å². The van der Waals surface area contributed by atoms with E-state index in [9.17, 15) is 9.90 Å². The van der Waals surface area contributed by atoms with E-state index in [2.05, 4.69) is 41.6 Å². The van der Waals surface area contributed by atoms with Crippen molar-refractivity contribution in [3.8, 4) is 0 Å². The third kappa shape index (κ3) is 4.05. The second kappa shape index (κ2) is 7.87. The first kappa shape index (κ1) is 18.4. The van der Waals surface area contributed by atoms with Gasteiger partial charge in [0.25, 0.3) is 0 Å². The van der Waals surface area contributed by atoms with Crippen LogP contribution in [-0.2, 0) is 0 Å². The fraction of sp³-hybridized carbons (Fsp3) is 0.429. The summed E-state index contributed by atoms with van der Waals surface area (Å²) in [4.78, 5) is 16.9. The summed E-state index contributed by atoms with van der Waals surface area (Å²) in [5.74, 6) is 0. The fourth-order valence-electron chi connectivity index (χ4n) is 3.63. The van der Waals surface area contributed by atoms with Crippen LogP contribution in [0.4, 0.5) is 4.79 Å². The Kier molecular flexibility index (Phi) is 5.57. The highest BCUT2D eigenvalue weighted by Gasteiger charge is 2.35. The second-order valence-electron chi connectivity index (χ2n) is 7.31. The Morgan fingerprint density at radius 2 is 1.96 bits per heavy atom. The summed E-state index contributed by atoms with van der Waals surface area (Å²) in [7, 11) is 0. The first-order chi connectivity index (χ1) is 12.5. The van der Waals surface area contributed by atoms with Crippen LogP contribution < -0.4 is 10.6 Å². The first-order valence-corrected chi connectivity index (χ1v) is 9.20. The van der Waals surface area contributed by atoms with Crippen LogP contribution >= 0.6 is 0 Å². The number of nitrogens with zero attached hydrogens (tertiary/aromatic N) is 1. The Bertz CT molecular complexity index is 755. The summed E-state index contributed by atoms with van der Waals surface area (Å²) in [6.07, 6.45) is 7.20. The van der Waals surface area contributed by atoms with Crippen molar-refractivity contribution in [3.63, 3.8) is 0 Å². The van der Waals surface area contributed by atoms with E-state index in [1.807, 2.05) is 18.2 Å². The summed E-state index contributed by atoms with van der Waals surface area (Å²) in [6, 6.07) is 9.50. The number of pyridine rings is 1. The predicted octanol–water partition coefficient (Wildman–Crippen LogP) is 3.39. The van der Waals surface area contributed by atoms with E-state index in [-0.39, 0.29) is 18.7 Å². The molecule has 3 N–H and O–H groups in total. The molecule has 1 fully saturated rings. The minimum absolute atomic E-state index is 0.0262. The lowest BCUT2D eigenvalue weighted by atomic mass is 9.96. The van der Waals surface area contributed by atoms with Crippen molar-refractivity contribution in [2.75, 3.05) is 6.61 Å². The molecule has 1 aromatic carbocycles. The van der Waals surface area contributed by atoms with E-state index in [1.165, 1.54) is 11.1 Å². The van der Waals surface area contributed by atoms with Gasteiger partial charge in [-0.1, -0.05) is 37.1 Å². The molecule has 3 rings (SSSR count). The van der Waals surface area contributed by atoms with Gasteiger partial charge in [0, 0.05) is 12.4 Å². The summed E-state index contributed by atoms with van der Waals surface area (Å²) < 4.78 is 0. The first-order valence-electron chi connectivity index (χ1n) is 9.20. The predicted molar refractivity (Wildman–Crippen MR) is 102 cm³/mol. The number of hydrogen-bond donors (Lipinski definition) is 3. The highest BCUT2D eigenvalue weighted by Crippen LogP contribution is 2.29. The molecule has 0 bridgehead atoms. The summed E-state index contributed by atoms with van der Waals surface area (Å²) in [5, 5.41) is 15.8. The van der Waals surface area contributed by atoms with Crippen LogP contribution in [0.25, 0.3) is 0 Å². The lowest BCUT2D eigenvalue weighted by Gasteiger charge is -2.29. The van der Waals surface area contributed by atoms with Crippen molar-refractivity contribution in [3.05, 3.63) is 65.0 Å². The average molecular weight is 353 g/mol. The quantitative estimate of drug-likeness (QED) is 0.771. The molecule has 1 heterocycles. The molecule has 0 unspecified atom stereocenters. The monoisotopic (exact) mass is 353 g/mol. The molecule has 138 valence electrons. The van der Waals surface area contributed by atoms with Crippen molar-refractivity contribution in [1.82, 2.24) is 15.6 Å². The van der Waals surface area contributed by atoms with E-state index in [1.54, 1.807) is 12.4 Å². The third-order valence-corrected chi connectivity index (χ3v) is 5.40. The zero-order chi connectivity index (χ0) is 18.6. The van der Waals surface area contributed by atoms with Crippen molar-refractivity contribution in [2.45, 2.75) is 51.1 Å². The molecular weight excluding hydrogens is 326 g/mol. The van der Waals surface area contributed by atoms with Crippen LogP contribution in [0.15, 0.2) is 42.7 Å². The second-order valence-corrected chi connectivity index (χ2v) is 7.31. The highest BCUT2D eigenvalue weighted by molar-refractivity contribution is 5.76. The molecule has 1 saturated carbocycles. The van der Waals surface area contributed by atoms with E-state index in [0.29, 0.717) is 0 Å². The smallest absolute Gasteiger partial charge is 0.316 e. The van der Waals surface area contributed by atoms with Gasteiger partial charge in [0.2, 0.25) is 0 Å². The van der Waals surface area contributed by atoms with Gasteiger partial charge in [0.05, 0.1) is 18.2 Å². The summed E-state index contributed by atoms with van der Waals surface area (Å²) in [5.41, 5.74) is 3.85. The van der Waals surface area contributed by atoms with Crippen LogP contribution in [-0.4, -0.2) is 28.3 Å². The minimum atomic E-state index is -0.493. The largest absolute Gasteiger partial charge is 0.394 e. The molecule has 1 aliphatic carbocycles. The van der Waals surface area contributed by atoms with Crippen LogP contribution in [0.1, 0.15) is 54.0 Å². The number of amides is 2. The number of urea groups is 1. The van der Waals surface area contributed by atoms with Gasteiger partial charge in [-0.25, -0.2) is 4.79 Å². The lowest BCUT2D eigenvalue weighted by Crippen LogP contribution is -2.53. The van der Waals surface area contributed by atoms with Crippen LogP contribution in [0.2, 0.25) is 0 Å². The van der Waals surface area contributed by atoms with Gasteiger partial charge in [-0.15, -0.1) is 0 Å². The third-order valence-electron chi connectivity index (χ3n) is 5.40. The molecule has 2 amide bonds. The highest BCUT2D eigenvalue weighted by atomic mass is 16.3. The standard InChI is InChI=1S/C21H27N3O2/c1-15-7-8-17(12-16(15)2)19(18-6-5-11-22-13-18)23-20(26)24-21(14-25)9-3-4-10-21/h5-8,11-13,19,25H,3-4,9-10,14H2,1-2H3,(H2,23,24,26)/t19-/m1/s1. The van der Waals surface area contributed by atoms with Crippen molar-refractivity contribution < 1.29 is 9.90 Å². The topological polar surface area (TPSA) is 74.2 Å². The van der Waals surface area contributed by atoms with Gasteiger partial charge in [-0.3, -0.25) is 4.98 Å². The van der Waals surface area contributed by atoms with Gasteiger partial charge in [-0.05, 0) is 55.0 Å². The number of aliphatic hydroxyl groups is 1. The number of aromatic nitrogens is 1. The Labute approximate surface area is 154 Å². The maximum atomic E-state index is 12.7. The molecule has 2 aromatic rings. The number of carbonyl (C=O) groups excluding carboxylic acids is 1. The molecule has 5 nitrogen and oxygen atoms in total. The van der Waals surface area contributed by atoms with Gasteiger partial charge in [0.1, 0.15) is 0 Å². The maximum Gasteiger partial charge on any atom is 0.316 e. The van der Waals surface area contributed by atoms with E-state index in [4.69, 9.17) is 0 Å². The molecule has 1 atom stereocenters. The number of hydrogen-bond acceptors (Lipinski definition) is 3. The van der Waals surface area contributed by atoms with Crippen LogP contribution in [0.3, 0.4) is 0 Å². The zero-order valence-corrected chi connectivity index (χ0v) is 15.5. The molecular formula is C21H27N3O2. The number of aryl methyl sites for hydroxylation is 2. The van der Waals surface area contributed by atoms with Crippen LogP contribution in [0, 0.1) is 13.8 Å². The van der Waals surface area contributed by atoms with Crippen molar-refractivity contribution >= 4 is 6.03 Å². The molecule has 0 aliphatic heterocycles. The Morgan fingerprint density at radius 1 is 1.19 bits per heavy atom. The zero-order valence-electron chi connectivity index (χ0n) is 15.5. The van der Waals surface area contributed by atoms with Gasteiger partial charge in [0.15, 0.2) is 0 Å². The van der Waals surface area contributed by atoms with Gasteiger partial charge < -0.3 is 15.7 Å². The molecule has 1 aromatic heterocycles. The molecule has 5 heteroatoms. The normalized spacial score (nSPS) is 16.9. The number of nitrogens with one attached hydrogen (secondary N) is 2. The van der Waals surface area contributed by atoms with E-state index in [0.717, 1.165) is 36.8 Å². The van der Waals surface area contributed by atoms with Crippen LogP contribution in [0.5, 0.6) is 0 Å². The SMILES string of the molecule is Cc1ccc([C@@H](NC(=O)NC2(CO)CCCC2)c2cccnc2)cc1C. The number of benzene rings is 1. The van der Waals surface area contributed by atoms with E-state index >= 15 is 0 Å². The van der Waals surface area contributed by atoms with Gasteiger partial charge in [-0.2, -0.15) is 0 Å². The molecule has 26 heavy (non-hydrogen) atoms. The van der Waals surface area contributed by atoms with E-state index < -0.39 is 5.54 Å². The molecule has 0 spiro atoms. The summed E-state index contributed by atoms with van der Waals surface area (Å²) in [6.45, 7) is 4.11. The maximum absolute atomic E-state index is 12.7. The molecule has 0 radical (unpaired) electrons. The molecule has 1 aliphatic rings. The van der Waals surface area contributed by atoms with Crippen molar-refractivity contribution in [1.29, 1.82) is 0 Å². The molecule has 0 saturated heterocycles. The van der Waals surface area contributed by atoms with Gasteiger partial charge >= 0.3 is 6.03 Å². The summed E-state index contributed by atoms with van der Waals surface area (Å²) >= 11 is 0. The number of aliphatic hydroxyl groups excluding tert-OH is 1. The lowest BCUT2D eigenvalue weighted by molar-refractivity contribution is 0.162. The average Bonchev–Trinajstić information content (AvgIpc) is 3.12. The number of carbonyl (C=O) groups is 1. The fourth-order valence-corrected chi connectivity index (χ4v) is 3.63. The Hall–Kier alpha value is -2.40. The minimum Gasteiger partial charge on any atom is -0.394 e.